The molecule has 20 heavy (non-hydrogen) atoms. The molecule has 0 amide bonds. The summed E-state index contributed by atoms with van der Waals surface area (Å²) < 4.78 is 0. The standard InChI is InChI=1S/C18H30N2/c1-4-18(19)15-9-11-17(12-10-15)20(13-14(2)3)16-7-5-6-8-16/h9-12,14,16,18H,4-8,13,19H2,1-3H3/t18-/m0/s1. The van der Waals surface area contributed by atoms with Crippen LogP contribution in [0.5, 0.6) is 0 Å². The lowest BCUT2D eigenvalue weighted by Gasteiger charge is -2.33. The first-order valence-corrected chi connectivity index (χ1v) is 8.24. The summed E-state index contributed by atoms with van der Waals surface area (Å²) in [5.74, 6) is 0.702. The number of rotatable bonds is 6. The van der Waals surface area contributed by atoms with Crippen molar-refractivity contribution in [2.24, 2.45) is 11.7 Å². The fourth-order valence-electron chi connectivity index (χ4n) is 3.22. The molecule has 1 atom stereocenters. The molecule has 0 heterocycles. The summed E-state index contributed by atoms with van der Waals surface area (Å²) in [4.78, 5) is 2.62. The Morgan fingerprint density at radius 2 is 1.75 bits per heavy atom. The van der Waals surface area contributed by atoms with Crippen molar-refractivity contribution in [3.63, 3.8) is 0 Å². The van der Waals surface area contributed by atoms with Crippen LogP contribution in [0.25, 0.3) is 0 Å². The van der Waals surface area contributed by atoms with Crippen molar-refractivity contribution >= 4 is 5.69 Å². The van der Waals surface area contributed by atoms with E-state index in [0.29, 0.717) is 5.92 Å². The Kier molecular flexibility index (Phi) is 5.47. The Labute approximate surface area is 124 Å². The maximum Gasteiger partial charge on any atom is 0.0369 e. The molecule has 2 rings (SSSR count). The molecule has 2 N–H and O–H groups in total. The van der Waals surface area contributed by atoms with Gasteiger partial charge in [0.1, 0.15) is 0 Å². The van der Waals surface area contributed by atoms with E-state index in [1.54, 1.807) is 0 Å². The summed E-state index contributed by atoms with van der Waals surface area (Å²) in [6, 6.07) is 9.88. The van der Waals surface area contributed by atoms with Gasteiger partial charge in [0.2, 0.25) is 0 Å². The first-order valence-electron chi connectivity index (χ1n) is 8.24. The number of benzene rings is 1. The van der Waals surface area contributed by atoms with Gasteiger partial charge in [0.05, 0.1) is 0 Å². The van der Waals surface area contributed by atoms with E-state index < -0.39 is 0 Å². The van der Waals surface area contributed by atoms with Gasteiger partial charge in [-0.05, 0) is 42.9 Å². The molecule has 1 fully saturated rings. The summed E-state index contributed by atoms with van der Waals surface area (Å²) in [5, 5.41) is 0. The molecule has 1 aromatic carbocycles. The van der Waals surface area contributed by atoms with Gasteiger partial charge in [-0.15, -0.1) is 0 Å². The molecule has 2 heteroatoms. The molecule has 0 radical (unpaired) electrons. The van der Waals surface area contributed by atoms with Gasteiger partial charge in [-0.3, -0.25) is 0 Å². The van der Waals surface area contributed by atoms with Crippen molar-refractivity contribution in [1.29, 1.82) is 0 Å². The van der Waals surface area contributed by atoms with E-state index in [4.69, 9.17) is 5.73 Å². The van der Waals surface area contributed by atoms with Crippen molar-refractivity contribution in [1.82, 2.24) is 0 Å². The Morgan fingerprint density at radius 3 is 2.25 bits per heavy atom. The first-order chi connectivity index (χ1) is 9.61. The summed E-state index contributed by atoms with van der Waals surface area (Å²) in [6.07, 6.45) is 6.47. The minimum absolute atomic E-state index is 0.175. The number of hydrogen-bond donors (Lipinski definition) is 1. The van der Waals surface area contributed by atoms with E-state index >= 15 is 0 Å². The van der Waals surface area contributed by atoms with E-state index in [2.05, 4.69) is 49.9 Å². The summed E-state index contributed by atoms with van der Waals surface area (Å²) in [6.45, 7) is 7.92. The summed E-state index contributed by atoms with van der Waals surface area (Å²) in [7, 11) is 0. The second-order valence-corrected chi connectivity index (χ2v) is 6.59. The Bertz CT molecular complexity index is 390. The van der Waals surface area contributed by atoms with E-state index in [9.17, 15) is 0 Å². The topological polar surface area (TPSA) is 29.3 Å². The number of hydrogen-bond acceptors (Lipinski definition) is 2. The minimum atomic E-state index is 0.175. The fourth-order valence-corrected chi connectivity index (χ4v) is 3.22. The molecular weight excluding hydrogens is 244 g/mol. The molecule has 1 aromatic rings. The van der Waals surface area contributed by atoms with Crippen LogP contribution in [0.2, 0.25) is 0 Å². The van der Waals surface area contributed by atoms with Crippen LogP contribution in [-0.4, -0.2) is 12.6 Å². The molecule has 112 valence electrons. The molecular formula is C18H30N2. The second-order valence-electron chi connectivity index (χ2n) is 6.59. The van der Waals surface area contributed by atoms with Gasteiger partial charge in [-0.1, -0.05) is 45.7 Å². The lowest BCUT2D eigenvalue weighted by Crippen LogP contribution is -2.36. The van der Waals surface area contributed by atoms with Gasteiger partial charge in [0.25, 0.3) is 0 Å². The third-order valence-electron chi connectivity index (χ3n) is 4.42. The maximum atomic E-state index is 6.11. The van der Waals surface area contributed by atoms with Gasteiger partial charge in [-0.25, -0.2) is 0 Å². The van der Waals surface area contributed by atoms with Crippen LogP contribution in [0.1, 0.15) is 64.5 Å². The number of nitrogens with two attached hydrogens (primary N) is 1. The average molecular weight is 274 g/mol. The van der Waals surface area contributed by atoms with Crippen molar-refractivity contribution in [2.45, 2.75) is 65.0 Å². The molecule has 0 saturated heterocycles. The average Bonchev–Trinajstić information content (AvgIpc) is 2.98. The molecule has 0 spiro atoms. The smallest absolute Gasteiger partial charge is 0.0369 e. The van der Waals surface area contributed by atoms with Crippen molar-refractivity contribution < 1.29 is 0 Å². The van der Waals surface area contributed by atoms with Crippen molar-refractivity contribution in [3.8, 4) is 0 Å². The fraction of sp³-hybridized carbons (Fsp3) is 0.667. The van der Waals surface area contributed by atoms with Gasteiger partial charge < -0.3 is 10.6 Å². The zero-order valence-corrected chi connectivity index (χ0v) is 13.3. The van der Waals surface area contributed by atoms with E-state index in [0.717, 1.165) is 19.0 Å². The van der Waals surface area contributed by atoms with Crippen LogP contribution in [0.3, 0.4) is 0 Å². The molecule has 1 aliphatic rings. The summed E-state index contributed by atoms with van der Waals surface area (Å²) in [5.41, 5.74) is 8.74. The van der Waals surface area contributed by atoms with E-state index in [1.807, 2.05) is 0 Å². The number of anilines is 1. The van der Waals surface area contributed by atoms with Crippen LogP contribution in [0.4, 0.5) is 5.69 Å². The first kappa shape index (κ1) is 15.4. The lowest BCUT2D eigenvalue weighted by molar-refractivity contribution is 0.536. The van der Waals surface area contributed by atoms with Crippen molar-refractivity contribution in [2.75, 3.05) is 11.4 Å². The highest BCUT2D eigenvalue weighted by atomic mass is 15.2. The van der Waals surface area contributed by atoms with Crippen LogP contribution in [0, 0.1) is 5.92 Å². The minimum Gasteiger partial charge on any atom is -0.368 e. The normalized spacial score (nSPS) is 17.6. The predicted molar refractivity (Wildman–Crippen MR) is 88.1 cm³/mol. The largest absolute Gasteiger partial charge is 0.368 e. The van der Waals surface area contributed by atoms with E-state index in [-0.39, 0.29) is 6.04 Å². The van der Waals surface area contributed by atoms with Gasteiger partial charge in [0, 0.05) is 24.3 Å². The lowest BCUT2D eigenvalue weighted by atomic mass is 10.0. The Hall–Kier alpha value is -1.02. The molecule has 1 saturated carbocycles. The Balaban J connectivity index is 2.15. The molecule has 1 aliphatic carbocycles. The zero-order chi connectivity index (χ0) is 14.5. The zero-order valence-electron chi connectivity index (χ0n) is 13.3. The van der Waals surface area contributed by atoms with Gasteiger partial charge >= 0.3 is 0 Å². The summed E-state index contributed by atoms with van der Waals surface area (Å²) >= 11 is 0. The number of nitrogens with zero attached hydrogens (tertiary/aromatic N) is 1. The van der Waals surface area contributed by atoms with Crippen LogP contribution in [0.15, 0.2) is 24.3 Å². The van der Waals surface area contributed by atoms with Gasteiger partial charge in [0.15, 0.2) is 0 Å². The molecule has 0 aliphatic heterocycles. The molecule has 0 unspecified atom stereocenters. The predicted octanol–water partition coefficient (Wildman–Crippen LogP) is 4.50. The second kappa shape index (κ2) is 7.12. The highest BCUT2D eigenvalue weighted by Gasteiger charge is 2.23. The third kappa shape index (κ3) is 3.76. The van der Waals surface area contributed by atoms with Crippen LogP contribution < -0.4 is 10.6 Å². The quantitative estimate of drug-likeness (QED) is 0.827. The van der Waals surface area contributed by atoms with Crippen molar-refractivity contribution in [3.05, 3.63) is 29.8 Å². The molecule has 0 bridgehead atoms. The maximum absolute atomic E-state index is 6.11. The van der Waals surface area contributed by atoms with Crippen LogP contribution in [-0.2, 0) is 0 Å². The Morgan fingerprint density at radius 1 is 1.15 bits per heavy atom. The monoisotopic (exact) mass is 274 g/mol. The third-order valence-corrected chi connectivity index (χ3v) is 4.42. The highest BCUT2D eigenvalue weighted by molar-refractivity contribution is 5.49. The van der Waals surface area contributed by atoms with E-state index in [1.165, 1.54) is 36.9 Å². The van der Waals surface area contributed by atoms with Gasteiger partial charge in [-0.2, -0.15) is 0 Å². The van der Waals surface area contributed by atoms with Crippen LogP contribution >= 0.6 is 0 Å². The SMILES string of the molecule is CC[C@H](N)c1ccc(N(CC(C)C)C2CCCC2)cc1. The molecule has 0 aromatic heterocycles. The molecule has 2 nitrogen and oxygen atoms in total. The highest BCUT2D eigenvalue weighted by Crippen LogP contribution is 2.30.